The predicted molar refractivity (Wildman–Crippen MR) is 90.7 cm³/mol. The average molecular weight is 347 g/mol. The minimum Gasteiger partial charge on any atom is -0.311 e. The van der Waals surface area contributed by atoms with Gasteiger partial charge in [0.25, 0.3) is 0 Å². The van der Waals surface area contributed by atoms with Gasteiger partial charge in [-0.15, -0.1) is 23.2 Å². The largest absolute Gasteiger partial charge is 0.311 e. The van der Waals surface area contributed by atoms with E-state index in [9.17, 15) is 9.59 Å². The van der Waals surface area contributed by atoms with Crippen molar-refractivity contribution in [1.29, 1.82) is 0 Å². The predicted octanol–water partition coefficient (Wildman–Crippen LogP) is 3.84. The number of nitrogens with zero attached hydrogens (tertiary/aromatic N) is 2. The molecule has 0 saturated heterocycles. The van der Waals surface area contributed by atoms with Crippen molar-refractivity contribution in [3.8, 4) is 11.3 Å². The normalized spacial score (nSPS) is 10.9. The van der Waals surface area contributed by atoms with Gasteiger partial charge in [0.15, 0.2) is 11.6 Å². The molecule has 2 heterocycles. The zero-order chi connectivity index (χ0) is 16.4. The molecule has 0 N–H and O–H groups in total. The van der Waals surface area contributed by atoms with Crippen molar-refractivity contribution in [3.63, 3.8) is 0 Å². The van der Waals surface area contributed by atoms with Gasteiger partial charge in [-0.2, -0.15) is 0 Å². The van der Waals surface area contributed by atoms with Gasteiger partial charge in [0, 0.05) is 17.3 Å². The number of hydrogen-bond acceptors (Lipinski definition) is 3. The average Bonchev–Trinajstić information content (AvgIpc) is 3.09. The maximum absolute atomic E-state index is 11.9. The van der Waals surface area contributed by atoms with E-state index in [0.717, 1.165) is 16.8 Å². The molecule has 0 fully saturated rings. The van der Waals surface area contributed by atoms with Crippen molar-refractivity contribution < 1.29 is 9.59 Å². The van der Waals surface area contributed by atoms with Gasteiger partial charge in [-0.05, 0) is 12.1 Å². The third-order valence-electron chi connectivity index (χ3n) is 3.58. The molecule has 3 rings (SSSR count). The van der Waals surface area contributed by atoms with Gasteiger partial charge >= 0.3 is 0 Å². The molecule has 0 aliphatic rings. The van der Waals surface area contributed by atoms with Crippen LogP contribution in [0.3, 0.4) is 0 Å². The Bertz CT molecular complexity index is 885. The Labute approximate surface area is 142 Å². The number of ketones is 2. The first kappa shape index (κ1) is 15.7. The zero-order valence-electron chi connectivity index (χ0n) is 12.0. The van der Waals surface area contributed by atoms with E-state index in [1.54, 1.807) is 22.7 Å². The summed E-state index contributed by atoms with van der Waals surface area (Å²) in [7, 11) is 0. The molecule has 0 amide bonds. The Hall–Kier alpha value is -2.17. The second-order valence-corrected chi connectivity index (χ2v) is 5.48. The molecule has 3 aromatic rings. The van der Waals surface area contributed by atoms with Crippen LogP contribution < -0.4 is 0 Å². The smallest absolute Gasteiger partial charge is 0.195 e. The molecule has 0 atom stereocenters. The molecule has 0 unspecified atom stereocenters. The molecule has 4 nitrogen and oxygen atoms in total. The number of alkyl halides is 2. The maximum atomic E-state index is 11.9. The van der Waals surface area contributed by atoms with Crippen molar-refractivity contribution in [2.75, 3.05) is 11.8 Å². The molecule has 0 spiro atoms. The van der Waals surface area contributed by atoms with E-state index in [1.165, 1.54) is 6.20 Å². The van der Waals surface area contributed by atoms with Crippen LogP contribution in [0.15, 0.2) is 48.8 Å². The summed E-state index contributed by atoms with van der Waals surface area (Å²) in [6.07, 6.45) is 3.32. The molecule has 2 aromatic heterocycles. The van der Waals surface area contributed by atoms with Gasteiger partial charge in [-0.3, -0.25) is 14.6 Å². The van der Waals surface area contributed by atoms with Crippen LogP contribution in [0.25, 0.3) is 16.8 Å². The number of carbonyl (C=O) groups excluding carboxylic acids is 2. The second-order valence-electron chi connectivity index (χ2n) is 4.95. The molecule has 0 aliphatic heterocycles. The monoisotopic (exact) mass is 346 g/mol. The van der Waals surface area contributed by atoms with E-state index in [1.807, 2.05) is 24.3 Å². The van der Waals surface area contributed by atoms with Crippen LogP contribution in [-0.2, 0) is 0 Å². The summed E-state index contributed by atoms with van der Waals surface area (Å²) in [6.45, 7) is 0. The van der Waals surface area contributed by atoms with Crippen LogP contribution in [0, 0.1) is 0 Å². The summed E-state index contributed by atoms with van der Waals surface area (Å²) in [5, 5.41) is 0. The highest BCUT2D eigenvalue weighted by molar-refractivity contribution is 6.30. The third-order valence-corrected chi connectivity index (χ3v) is 4.06. The summed E-state index contributed by atoms with van der Waals surface area (Å²) in [6, 6.07) is 10.8. The van der Waals surface area contributed by atoms with E-state index in [4.69, 9.17) is 23.2 Å². The Kier molecular flexibility index (Phi) is 4.46. The van der Waals surface area contributed by atoms with E-state index < -0.39 is 0 Å². The summed E-state index contributed by atoms with van der Waals surface area (Å²) in [5.74, 6) is -0.448. The third kappa shape index (κ3) is 2.87. The van der Waals surface area contributed by atoms with Gasteiger partial charge in [0.1, 0.15) is 5.69 Å². The Morgan fingerprint density at radius 3 is 2.35 bits per heavy atom. The number of hydrogen-bond donors (Lipinski definition) is 0. The van der Waals surface area contributed by atoms with E-state index >= 15 is 0 Å². The fraction of sp³-hybridized carbons (Fsp3) is 0.118. The van der Waals surface area contributed by atoms with Gasteiger partial charge in [-0.25, -0.2) is 0 Å². The zero-order valence-corrected chi connectivity index (χ0v) is 13.5. The van der Waals surface area contributed by atoms with Crippen LogP contribution in [0.4, 0.5) is 0 Å². The van der Waals surface area contributed by atoms with Gasteiger partial charge in [-0.1, -0.05) is 24.3 Å². The summed E-state index contributed by atoms with van der Waals surface area (Å²) < 4.78 is 1.77. The Balaban J connectivity index is 2.09. The van der Waals surface area contributed by atoms with Crippen molar-refractivity contribution in [2.24, 2.45) is 0 Å². The van der Waals surface area contributed by atoms with Gasteiger partial charge < -0.3 is 4.40 Å². The van der Waals surface area contributed by atoms with E-state index in [-0.39, 0.29) is 23.3 Å². The molecule has 1 aromatic carbocycles. The summed E-state index contributed by atoms with van der Waals surface area (Å²) in [5.41, 5.74) is 3.38. The number of aromatic nitrogens is 2. The number of carbonyl (C=O) groups is 2. The standard InChI is InChI=1S/C17H12Cl2N2O2/c18-8-15(22)11-3-5-12(6-4-11)17-13-2-1-7-21(13)14(10-20-17)16(23)9-19/h1-7,10H,8-9H2. The van der Waals surface area contributed by atoms with Gasteiger partial charge in [0.05, 0.1) is 29.2 Å². The Morgan fingerprint density at radius 1 is 1.00 bits per heavy atom. The Morgan fingerprint density at radius 2 is 1.70 bits per heavy atom. The molecule has 6 heteroatoms. The van der Waals surface area contributed by atoms with Crippen molar-refractivity contribution >= 4 is 40.3 Å². The lowest BCUT2D eigenvalue weighted by Gasteiger charge is -2.09. The number of fused-ring (bicyclic) bond motifs is 1. The van der Waals surface area contributed by atoms with E-state index in [0.29, 0.717) is 11.3 Å². The minimum atomic E-state index is -0.185. The van der Waals surface area contributed by atoms with Crippen LogP contribution in [0.5, 0.6) is 0 Å². The number of rotatable bonds is 5. The number of benzene rings is 1. The fourth-order valence-electron chi connectivity index (χ4n) is 2.43. The quantitative estimate of drug-likeness (QED) is 0.520. The highest BCUT2D eigenvalue weighted by atomic mass is 35.5. The minimum absolute atomic E-state index is 0.0459. The van der Waals surface area contributed by atoms with Crippen LogP contribution >= 0.6 is 23.2 Å². The SMILES string of the molecule is O=C(CCl)c1ccc(-c2ncc(C(=O)CCl)n3cccc23)cc1. The molecule has 0 saturated carbocycles. The molecule has 0 bridgehead atoms. The molecule has 116 valence electrons. The lowest BCUT2D eigenvalue weighted by Crippen LogP contribution is -2.08. The number of halogens is 2. The van der Waals surface area contributed by atoms with Crippen molar-refractivity contribution in [1.82, 2.24) is 9.38 Å². The topological polar surface area (TPSA) is 51.4 Å². The van der Waals surface area contributed by atoms with Crippen molar-refractivity contribution in [3.05, 3.63) is 60.0 Å². The molecular formula is C17H12Cl2N2O2. The molecular weight excluding hydrogens is 335 g/mol. The lowest BCUT2D eigenvalue weighted by molar-refractivity contribution is 0.100. The first-order valence-corrected chi connectivity index (χ1v) is 7.97. The summed E-state index contributed by atoms with van der Waals surface area (Å²) in [4.78, 5) is 27.9. The lowest BCUT2D eigenvalue weighted by atomic mass is 10.1. The van der Waals surface area contributed by atoms with Crippen LogP contribution in [-0.4, -0.2) is 32.7 Å². The number of Topliss-reactive ketones (excluding diaryl/α,β-unsaturated/α-hetero) is 2. The van der Waals surface area contributed by atoms with E-state index in [2.05, 4.69) is 4.98 Å². The van der Waals surface area contributed by atoms with Crippen molar-refractivity contribution in [2.45, 2.75) is 0 Å². The first-order chi connectivity index (χ1) is 11.2. The molecule has 0 radical (unpaired) electrons. The van der Waals surface area contributed by atoms with Crippen LogP contribution in [0.2, 0.25) is 0 Å². The maximum Gasteiger partial charge on any atom is 0.195 e. The highest BCUT2D eigenvalue weighted by Crippen LogP contribution is 2.24. The second kappa shape index (κ2) is 6.52. The van der Waals surface area contributed by atoms with Gasteiger partial charge in [0.2, 0.25) is 0 Å². The molecule has 23 heavy (non-hydrogen) atoms. The fourth-order valence-corrected chi connectivity index (χ4v) is 2.72. The van der Waals surface area contributed by atoms with Crippen LogP contribution in [0.1, 0.15) is 20.8 Å². The highest BCUT2D eigenvalue weighted by Gasteiger charge is 2.14. The first-order valence-electron chi connectivity index (χ1n) is 6.90. The molecule has 0 aliphatic carbocycles. The summed E-state index contributed by atoms with van der Waals surface area (Å²) >= 11 is 11.2.